The normalized spacial score (nSPS) is 21.7. The SMILES string of the molecule is CC(C)Oc1ccccc1[C@@H]1NC(=O)OCC1(F)F. The van der Waals surface area contributed by atoms with Crippen LogP contribution in [0.5, 0.6) is 5.75 Å². The Labute approximate surface area is 109 Å². The number of hydrogen-bond donors (Lipinski definition) is 1. The fourth-order valence-corrected chi connectivity index (χ4v) is 1.90. The average molecular weight is 271 g/mol. The molecule has 19 heavy (non-hydrogen) atoms. The summed E-state index contributed by atoms with van der Waals surface area (Å²) in [5.74, 6) is -2.84. The molecule has 1 heterocycles. The zero-order valence-corrected chi connectivity index (χ0v) is 10.7. The molecule has 2 rings (SSSR count). The van der Waals surface area contributed by atoms with Crippen LogP contribution in [-0.2, 0) is 4.74 Å². The second-order valence-corrected chi connectivity index (χ2v) is 4.62. The van der Waals surface area contributed by atoms with Crippen molar-refractivity contribution in [2.75, 3.05) is 6.61 Å². The number of halogens is 2. The fourth-order valence-electron chi connectivity index (χ4n) is 1.90. The largest absolute Gasteiger partial charge is 0.491 e. The number of alkyl carbamates (subject to hydrolysis) is 1. The van der Waals surface area contributed by atoms with E-state index in [1.54, 1.807) is 32.0 Å². The molecule has 0 aromatic heterocycles. The van der Waals surface area contributed by atoms with Crippen molar-refractivity contribution in [3.63, 3.8) is 0 Å². The maximum absolute atomic E-state index is 13.9. The summed E-state index contributed by atoms with van der Waals surface area (Å²) >= 11 is 0. The van der Waals surface area contributed by atoms with Gasteiger partial charge in [-0.15, -0.1) is 0 Å². The molecule has 6 heteroatoms. The lowest BCUT2D eigenvalue weighted by atomic mass is 9.99. The molecule has 0 aliphatic carbocycles. The number of cyclic esters (lactones) is 1. The molecule has 4 nitrogen and oxygen atoms in total. The van der Waals surface area contributed by atoms with Crippen molar-refractivity contribution in [1.29, 1.82) is 0 Å². The number of carbonyl (C=O) groups is 1. The first-order valence-electron chi connectivity index (χ1n) is 5.97. The molecule has 1 aliphatic rings. The molecule has 1 fully saturated rings. The van der Waals surface area contributed by atoms with E-state index in [1.807, 2.05) is 0 Å². The van der Waals surface area contributed by atoms with Gasteiger partial charge in [0.15, 0.2) is 6.61 Å². The zero-order valence-electron chi connectivity index (χ0n) is 10.7. The summed E-state index contributed by atoms with van der Waals surface area (Å²) in [6.07, 6.45) is -0.999. The van der Waals surface area contributed by atoms with E-state index in [4.69, 9.17) is 4.74 Å². The van der Waals surface area contributed by atoms with Crippen molar-refractivity contribution < 1.29 is 23.0 Å². The number of alkyl halides is 2. The molecule has 1 N–H and O–H groups in total. The van der Waals surface area contributed by atoms with Gasteiger partial charge in [-0.05, 0) is 19.9 Å². The highest BCUT2D eigenvalue weighted by Gasteiger charge is 2.47. The van der Waals surface area contributed by atoms with Gasteiger partial charge in [-0.25, -0.2) is 13.6 Å². The van der Waals surface area contributed by atoms with Crippen LogP contribution in [0.15, 0.2) is 24.3 Å². The number of ether oxygens (including phenoxy) is 2. The number of amides is 1. The van der Waals surface area contributed by atoms with Crippen molar-refractivity contribution in [3.05, 3.63) is 29.8 Å². The molecule has 0 radical (unpaired) electrons. The van der Waals surface area contributed by atoms with Gasteiger partial charge in [0.05, 0.1) is 6.10 Å². The van der Waals surface area contributed by atoms with Gasteiger partial charge in [0.1, 0.15) is 11.8 Å². The molecule has 1 amide bonds. The van der Waals surface area contributed by atoms with Gasteiger partial charge in [0.25, 0.3) is 0 Å². The summed E-state index contributed by atoms with van der Waals surface area (Å²) in [5.41, 5.74) is 0.248. The Balaban J connectivity index is 2.36. The van der Waals surface area contributed by atoms with Gasteiger partial charge in [0.2, 0.25) is 0 Å². The van der Waals surface area contributed by atoms with E-state index in [0.717, 1.165) is 0 Å². The molecule has 0 spiro atoms. The predicted octanol–water partition coefficient (Wildman–Crippen LogP) is 2.89. The van der Waals surface area contributed by atoms with Crippen LogP contribution in [0.2, 0.25) is 0 Å². The second-order valence-electron chi connectivity index (χ2n) is 4.62. The van der Waals surface area contributed by atoms with Gasteiger partial charge in [-0.2, -0.15) is 0 Å². The van der Waals surface area contributed by atoms with Crippen molar-refractivity contribution in [2.24, 2.45) is 0 Å². The first-order valence-corrected chi connectivity index (χ1v) is 5.97. The molecule has 0 saturated carbocycles. The Morgan fingerprint density at radius 2 is 2.11 bits per heavy atom. The lowest BCUT2D eigenvalue weighted by Crippen LogP contribution is -2.49. The van der Waals surface area contributed by atoms with Crippen LogP contribution in [0.1, 0.15) is 25.5 Å². The molecule has 1 aromatic rings. The minimum atomic E-state index is -3.18. The van der Waals surface area contributed by atoms with E-state index in [0.29, 0.717) is 5.75 Å². The number of nitrogens with one attached hydrogen (secondary N) is 1. The maximum atomic E-state index is 13.9. The smallest absolute Gasteiger partial charge is 0.408 e. The van der Waals surface area contributed by atoms with E-state index in [-0.39, 0.29) is 11.7 Å². The Morgan fingerprint density at radius 1 is 1.42 bits per heavy atom. The Bertz CT molecular complexity index is 477. The highest BCUT2D eigenvalue weighted by molar-refractivity contribution is 5.69. The van der Waals surface area contributed by atoms with Crippen LogP contribution in [0, 0.1) is 0 Å². The summed E-state index contributed by atoms with van der Waals surface area (Å²) in [5, 5.41) is 2.15. The summed E-state index contributed by atoms with van der Waals surface area (Å²) in [6, 6.07) is 5.00. The van der Waals surface area contributed by atoms with Gasteiger partial charge >= 0.3 is 12.0 Å². The molecular weight excluding hydrogens is 256 g/mol. The van der Waals surface area contributed by atoms with Crippen LogP contribution in [0.25, 0.3) is 0 Å². The monoisotopic (exact) mass is 271 g/mol. The van der Waals surface area contributed by atoms with Gasteiger partial charge in [-0.3, -0.25) is 0 Å². The number of carbonyl (C=O) groups excluding carboxylic acids is 1. The first-order chi connectivity index (χ1) is 8.90. The molecule has 0 unspecified atom stereocenters. The van der Waals surface area contributed by atoms with Crippen molar-refractivity contribution in [3.8, 4) is 5.75 Å². The molecule has 1 aliphatic heterocycles. The average Bonchev–Trinajstić information content (AvgIpc) is 2.33. The Morgan fingerprint density at radius 3 is 2.79 bits per heavy atom. The molecule has 1 saturated heterocycles. The summed E-state index contributed by atoms with van der Waals surface area (Å²) in [6.45, 7) is 2.68. The fraction of sp³-hybridized carbons (Fsp3) is 0.462. The van der Waals surface area contributed by atoms with Crippen LogP contribution < -0.4 is 10.1 Å². The van der Waals surface area contributed by atoms with Gasteiger partial charge in [-0.1, -0.05) is 18.2 Å². The minimum absolute atomic E-state index is 0.148. The third-order valence-electron chi connectivity index (χ3n) is 2.67. The van der Waals surface area contributed by atoms with Gasteiger partial charge in [0, 0.05) is 5.56 Å². The Hall–Kier alpha value is -1.85. The second kappa shape index (κ2) is 5.03. The minimum Gasteiger partial charge on any atom is -0.491 e. The zero-order chi connectivity index (χ0) is 14.0. The maximum Gasteiger partial charge on any atom is 0.408 e. The predicted molar refractivity (Wildman–Crippen MR) is 64.4 cm³/mol. The standard InChI is InChI=1S/C13H15F2NO3/c1-8(2)19-10-6-4-3-5-9(10)11-13(14,15)7-18-12(17)16-11/h3-6,8,11H,7H2,1-2H3,(H,16,17)/t11-/m0/s1. The number of benzene rings is 1. The number of para-hydroxylation sites is 1. The van der Waals surface area contributed by atoms with E-state index < -0.39 is 24.7 Å². The van der Waals surface area contributed by atoms with Crippen molar-refractivity contribution >= 4 is 6.09 Å². The lowest BCUT2D eigenvalue weighted by Gasteiger charge is -2.32. The Kier molecular flexibility index (Phi) is 3.59. The van der Waals surface area contributed by atoms with Crippen LogP contribution in [0.4, 0.5) is 13.6 Å². The van der Waals surface area contributed by atoms with E-state index in [9.17, 15) is 13.6 Å². The molecule has 0 bridgehead atoms. The van der Waals surface area contributed by atoms with Crippen LogP contribution in [-0.4, -0.2) is 24.7 Å². The topological polar surface area (TPSA) is 47.6 Å². The third-order valence-corrected chi connectivity index (χ3v) is 2.67. The third kappa shape index (κ3) is 2.94. The van der Waals surface area contributed by atoms with Gasteiger partial charge < -0.3 is 14.8 Å². The summed E-state index contributed by atoms with van der Waals surface area (Å²) < 4.78 is 37.5. The van der Waals surface area contributed by atoms with Crippen molar-refractivity contribution in [2.45, 2.75) is 31.9 Å². The summed E-state index contributed by atoms with van der Waals surface area (Å²) in [7, 11) is 0. The quantitative estimate of drug-likeness (QED) is 0.919. The van der Waals surface area contributed by atoms with E-state index >= 15 is 0 Å². The number of rotatable bonds is 3. The van der Waals surface area contributed by atoms with E-state index in [2.05, 4.69) is 10.1 Å². The number of hydrogen-bond acceptors (Lipinski definition) is 3. The molecule has 104 valence electrons. The highest BCUT2D eigenvalue weighted by atomic mass is 19.3. The lowest BCUT2D eigenvalue weighted by molar-refractivity contribution is -0.104. The first kappa shape index (κ1) is 13.6. The summed E-state index contributed by atoms with van der Waals surface area (Å²) in [4.78, 5) is 11.2. The van der Waals surface area contributed by atoms with Crippen LogP contribution >= 0.6 is 0 Å². The highest BCUT2D eigenvalue weighted by Crippen LogP contribution is 2.38. The molecule has 1 atom stereocenters. The molecule has 1 aromatic carbocycles. The van der Waals surface area contributed by atoms with Crippen LogP contribution in [0.3, 0.4) is 0 Å². The van der Waals surface area contributed by atoms with Crippen molar-refractivity contribution in [1.82, 2.24) is 5.32 Å². The van der Waals surface area contributed by atoms with E-state index in [1.165, 1.54) is 6.07 Å². The molecular formula is C13H15F2NO3.